The second-order valence-corrected chi connectivity index (χ2v) is 7.91. The van der Waals surface area contributed by atoms with Gasteiger partial charge < -0.3 is 21.3 Å². The fourth-order valence-corrected chi connectivity index (χ4v) is 4.30. The van der Waals surface area contributed by atoms with Crippen molar-refractivity contribution in [3.8, 4) is 0 Å². The Morgan fingerprint density at radius 3 is 2.29 bits per heavy atom. The van der Waals surface area contributed by atoms with Gasteiger partial charge in [0.05, 0.1) is 5.92 Å². The zero-order chi connectivity index (χ0) is 18.7. The van der Waals surface area contributed by atoms with E-state index in [1.165, 1.54) is 6.42 Å². The summed E-state index contributed by atoms with van der Waals surface area (Å²) in [5.74, 6) is 0.963. The first-order chi connectivity index (χ1) is 12.5. The highest BCUT2D eigenvalue weighted by Gasteiger charge is 2.48. The Kier molecular flexibility index (Phi) is 9.70. The molecule has 4 atom stereocenters. The van der Waals surface area contributed by atoms with E-state index < -0.39 is 0 Å². The average molecular weight is 431 g/mol. The molecule has 2 amide bonds. The number of carbonyl (C=O) groups excluding carboxylic acids is 2. The topological polar surface area (TPSA) is 87.5 Å². The van der Waals surface area contributed by atoms with Crippen molar-refractivity contribution >= 4 is 36.6 Å². The van der Waals surface area contributed by atoms with Crippen LogP contribution in [0.3, 0.4) is 0 Å². The van der Waals surface area contributed by atoms with E-state index in [9.17, 15) is 9.59 Å². The number of hydrogen-bond donors (Lipinski definition) is 3. The highest BCUT2D eigenvalue weighted by molar-refractivity contribution is 5.94. The van der Waals surface area contributed by atoms with Gasteiger partial charge in [-0.1, -0.05) is 12.1 Å². The number of fused-ring (bicyclic) bond motifs is 2. The molecule has 28 heavy (non-hydrogen) atoms. The van der Waals surface area contributed by atoms with Gasteiger partial charge in [-0.25, -0.2) is 0 Å². The third-order valence-corrected chi connectivity index (χ3v) is 5.81. The number of nitrogens with zero attached hydrogens (tertiary/aromatic N) is 1. The summed E-state index contributed by atoms with van der Waals surface area (Å²) >= 11 is 0. The van der Waals surface area contributed by atoms with E-state index in [0.717, 1.165) is 24.9 Å². The number of nitrogens with one attached hydrogen (secondary N) is 2. The second kappa shape index (κ2) is 11.0. The fraction of sp³-hybridized carbons (Fsp3) is 0.600. The first-order valence-electron chi connectivity index (χ1n) is 9.51. The quantitative estimate of drug-likeness (QED) is 0.615. The molecule has 1 aromatic carbocycles. The van der Waals surface area contributed by atoms with Crippen LogP contribution in [0.25, 0.3) is 0 Å². The molecule has 2 saturated carbocycles. The SMILES string of the molecule is CN(C)CCNC(=O)c1ccc(CNC(=O)C2C3CCC(C3)C2N)cc1.Cl.Cl. The zero-order valence-corrected chi connectivity index (χ0v) is 18.2. The van der Waals surface area contributed by atoms with Gasteiger partial charge in [-0.15, -0.1) is 24.8 Å². The summed E-state index contributed by atoms with van der Waals surface area (Å²) in [5.41, 5.74) is 7.86. The monoisotopic (exact) mass is 430 g/mol. The Balaban J connectivity index is 0.00000196. The Morgan fingerprint density at radius 2 is 1.71 bits per heavy atom. The van der Waals surface area contributed by atoms with E-state index in [0.29, 0.717) is 30.5 Å². The Hall–Kier alpha value is -1.34. The van der Waals surface area contributed by atoms with Gasteiger partial charge in [-0.05, 0) is 62.9 Å². The number of hydrogen-bond acceptors (Lipinski definition) is 4. The predicted octanol–water partition coefficient (Wildman–Crippen LogP) is 1.81. The van der Waals surface area contributed by atoms with Crippen LogP contribution < -0.4 is 16.4 Å². The highest BCUT2D eigenvalue weighted by Crippen LogP contribution is 2.47. The molecule has 6 nitrogen and oxygen atoms in total. The maximum atomic E-state index is 12.5. The molecule has 158 valence electrons. The van der Waals surface area contributed by atoms with Crippen LogP contribution in [0, 0.1) is 17.8 Å². The Bertz CT molecular complexity index is 652. The van der Waals surface area contributed by atoms with Crippen LogP contribution in [0.4, 0.5) is 0 Å². The van der Waals surface area contributed by atoms with Gasteiger partial charge in [0.25, 0.3) is 5.91 Å². The molecule has 4 unspecified atom stereocenters. The van der Waals surface area contributed by atoms with Gasteiger partial charge in [0.2, 0.25) is 5.91 Å². The number of amides is 2. The first kappa shape index (κ1) is 24.7. The number of nitrogens with two attached hydrogens (primary N) is 1. The van der Waals surface area contributed by atoms with Crippen LogP contribution in [-0.2, 0) is 11.3 Å². The summed E-state index contributed by atoms with van der Waals surface area (Å²) in [7, 11) is 3.94. The van der Waals surface area contributed by atoms with Gasteiger partial charge in [-0.2, -0.15) is 0 Å². The van der Waals surface area contributed by atoms with Crippen LogP contribution in [-0.4, -0.2) is 49.9 Å². The van der Waals surface area contributed by atoms with E-state index >= 15 is 0 Å². The minimum Gasteiger partial charge on any atom is -0.352 e. The third-order valence-electron chi connectivity index (χ3n) is 5.81. The molecule has 2 fully saturated rings. The van der Waals surface area contributed by atoms with Gasteiger partial charge in [0.1, 0.15) is 0 Å². The molecule has 1 aromatic rings. The molecular weight excluding hydrogens is 399 g/mol. The Labute approximate surface area is 179 Å². The molecular formula is C20H32Cl2N4O2. The fourth-order valence-electron chi connectivity index (χ4n) is 4.30. The van der Waals surface area contributed by atoms with Crippen LogP contribution in [0.15, 0.2) is 24.3 Å². The highest BCUT2D eigenvalue weighted by atomic mass is 35.5. The number of benzene rings is 1. The zero-order valence-electron chi connectivity index (χ0n) is 16.5. The number of halogens is 2. The lowest BCUT2D eigenvalue weighted by atomic mass is 9.84. The van der Waals surface area contributed by atoms with E-state index in [4.69, 9.17) is 5.73 Å². The lowest BCUT2D eigenvalue weighted by Crippen LogP contribution is -2.45. The minimum atomic E-state index is -0.0737. The van der Waals surface area contributed by atoms with Gasteiger partial charge in [-0.3, -0.25) is 9.59 Å². The maximum absolute atomic E-state index is 12.5. The van der Waals surface area contributed by atoms with Crippen LogP contribution in [0.5, 0.6) is 0 Å². The molecule has 2 aliphatic rings. The maximum Gasteiger partial charge on any atom is 0.251 e. The lowest BCUT2D eigenvalue weighted by molar-refractivity contribution is -0.127. The number of likely N-dealkylation sites (N-methyl/N-ethyl adjacent to an activating group) is 1. The standard InChI is InChI=1S/C20H30N4O2.2ClH/c1-24(2)10-9-22-19(25)14-5-3-13(4-6-14)12-23-20(26)17-15-7-8-16(11-15)18(17)21;;/h3-6,15-18H,7-12,21H2,1-2H3,(H,22,25)(H,23,26);2*1H. The van der Waals surface area contributed by atoms with Crippen molar-refractivity contribution in [3.05, 3.63) is 35.4 Å². The molecule has 0 aliphatic heterocycles. The normalized spacial score (nSPS) is 25.0. The molecule has 2 bridgehead atoms. The predicted molar refractivity (Wildman–Crippen MR) is 116 cm³/mol. The van der Waals surface area contributed by atoms with Crippen LogP contribution in [0.2, 0.25) is 0 Å². The summed E-state index contributed by atoms with van der Waals surface area (Å²) in [6.07, 6.45) is 3.42. The van der Waals surface area contributed by atoms with Crippen LogP contribution >= 0.6 is 24.8 Å². The molecule has 3 rings (SSSR count). The largest absolute Gasteiger partial charge is 0.352 e. The van der Waals surface area contributed by atoms with E-state index in [1.54, 1.807) is 12.1 Å². The van der Waals surface area contributed by atoms with Crippen molar-refractivity contribution in [1.29, 1.82) is 0 Å². The van der Waals surface area contributed by atoms with Gasteiger partial charge >= 0.3 is 0 Å². The molecule has 0 heterocycles. The lowest BCUT2D eigenvalue weighted by Gasteiger charge is -2.27. The van der Waals surface area contributed by atoms with Gasteiger partial charge in [0.15, 0.2) is 0 Å². The van der Waals surface area contributed by atoms with Crippen molar-refractivity contribution < 1.29 is 9.59 Å². The van der Waals surface area contributed by atoms with Gasteiger partial charge in [0, 0.05) is 31.2 Å². The molecule has 0 spiro atoms. The summed E-state index contributed by atoms with van der Waals surface area (Å²) in [6.45, 7) is 1.90. The van der Waals surface area contributed by atoms with Crippen LogP contribution in [0.1, 0.15) is 35.2 Å². The Morgan fingerprint density at radius 1 is 1.07 bits per heavy atom. The summed E-state index contributed by atoms with van der Waals surface area (Å²) in [5, 5.41) is 5.92. The summed E-state index contributed by atoms with van der Waals surface area (Å²) in [4.78, 5) is 26.6. The van der Waals surface area contributed by atoms with E-state index in [-0.39, 0.29) is 48.6 Å². The second-order valence-electron chi connectivity index (χ2n) is 7.91. The molecule has 0 saturated heterocycles. The van der Waals surface area contributed by atoms with E-state index in [1.807, 2.05) is 31.1 Å². The number of carbonyl (C=O) groups is 2. The van der Waals surface area contributed by atoms with Crippen molar-refractivity contribution in [3.63, 3.8) is 0 Å². The molecule has 2 aliphatic carbocycles. The first-order valence-corrected chi connectivity index (χ1v) is 9.51. The molecule has 0 radical (unpaired) electrons. The average Bonchev–Trinajstić information content (AvgIpc) is 3.21. The summed E-state index contributed by atoms with van der Waals surface area (Å²) in [6, 6.07) is 7.40. The molecule has 4 N–H and O–H groups in total. The molecule has 0 aromatic heterocycles. The van der Waals surface area contributed by atoms with Crippen molar-refractivity contribution in [2.75, 3.05) is 27.2 Å². The minimum absolute atomic E-state index is 0. The molecule has 8 heteroatoms. The summed E-state index contributed by atoms with van der Waals surface area (Å²) < 4.78 is 0. The van der Waals surface area contributed by atoms with Crippen molar-refractivity contribution in [2.24, 2.45) is 23.5 Å². The smallest absolute Gasteiger partial charge is 0.251 e. The van der Waals surface area contributed by atoms with Crippen molar-refractivity contribution in [2.45, 2.75) is 31.8 Å². The van der Waals surface area contributed by atoms with Crippen molar-refractivity contribution in [1.82, 2.24) is 15.5 Å². The third kappa shape index (κ3) is 5.83. The van der Waals surface area contributed by atoms with E-state index in [2.05, 4.69) is 10.6 Å². The number of rotatable bonds is 7.